The Bertz CT molecular complexity index is 4540. The Balaban J connectivity index is 0.000000161. The second-order valence-electron chi connectivity index (χ2n) is 30.9. The lowest BCUT2D eigenvalue weighted by molar-refractivity contribution is 0.00578. The zero-order chi connectivity index (χ0) is 84.4. The molecule has 0 saturated carbocycles. The largest absolute Gasteiger partial charge is 0.508 e. The molecule has 0 atom stereocenters. The Kier molecular flexibility index (Phi) is 37.2. The van der Waals surface area contributed by atoms with Crippen LogP contribution >= 0.6 is 112 Å². The molecule has 0 unspecified atom stereocenters. The van der Waals surface area contributed by atoms with Gasteiger partial charge in [0.2, 0.25) is 0 Å². The number of methoxy groups -OCH3 is 2. The van der Waals surface area contributed by atoms with Gasteiger partial charge in [0.05, 0.1) is 48.5 Å². The number of halogens is 7. The Morgan fingerprint density at radius 1 is 0.444 bits per heavy atom. The van der Waals surface area contributed by atoms with Crippen LogP contribution in [0.1, 0.15) is 144 Å². The van der Waals surface area contributed by atoms with Crippen LogP contribution in [0.15, 0.2) is 171 Å². The highest BCUT2D eigenvalue weighted by Gasteiger charge is 2.52. The van der Waals surface area contributed by atoms with Crippen molar-refractivity contribution in [1.82, 2.24) is 15.0 Å². The van der Waals surface area contributed by atoms with Crippen LogP contribution in [0.3, 0.4) is 0 Å². The number of ether oxygens (including phenoxy) is 7. The number of carbonyl (C=O) groups excluding carboxylic acids is 1. The molecule has 6 saturated heterocycles. The molecule has 0 spiro atoms. The summed E-state index contributed by atoms with van der Waals surface area (Å²) in [5.41, 5.74) is 9.37. The van der Waals surface area contributed by atoms with Gasteiger partial charge in [-0.3, -0.25) is 4.79 Å². The Morgan fingerprint density at radius 2 is 0.769 bits per heavy atom. The molecule has 7 aromatic carbocycles. The highest BCUT2D eigenvalue weighted by Crippen LogP contribution is 2.40. The van der Waals surface area contributed by atoms with Crippen LogP contribution in [0.4, 0.5) is 28.4 Å². The van der Waals surface area contributed by atoms with E-state index in [1.54, 1.807) is 44.8 Å². The number of H-pyrrole nitrogens is 1. The molecule has 632 valence electrons. The number of phenols is 2. The molecule has 0 radical (unpaired) electrons. The number of hydrogen-bond donors (Lipinski definition) is 3. The molecule has 0 amide bonds. The summed E-state index contributed by atoms with van der Waals surface area (Å²) in [7, 11) is 2.87. The van der Waals surface area contributed by atoms with Gasteiger partial charge >= 0.3 is 7.12 Å². The number of aromatic nitrogens is 3. The monoisotopic (exact) mass is 2050 g/mol. The van der Waals surface area contributed by atoms with Gasteiger partial charge in [-0.05, 0) is 215 Å². The van der Waals surface area contributed by atoms with Crippen molar-refractivity contribution in [2.45, 2.75) is 145 Å². The molecule has 20 nitrogen and oxygen atoms in total. The maximum absolute atomic E-state index is 12.8. The smallest absolute Gasteiger partial charge is 0.495 e. The molecule has 0 bridgehead atoms. The predicted molar refractivity (Wildman–Crippen MR) is 500 cm³/mol. The average Bonchev–Trinajstić information content (AvgIpc) is 1.66. The van der Waals surface area contributed by atoms with Crippen molar-refractivity contribution in [3.8, 4) is 51.5 Å². The molecule has 117 heavy (non-hydrogen) atoms. The van der Waals surface area contributed by atoms with Crippen LogP contribution in [0.5, 0.6) is 40.2 Å². The number of carbonyl (C=O) groups is 1. The normalized spacial score (nSPS) is 15.8. The van der Waals surface area contributed by atoms with Crippen LogP contribution in [-0.2, 0) is 18.8 Å². The second kappa shape index (κ2) is 46.1. The minimum atomic E-state index is -0.482. The van der Waals surface area contributed by atoms with Crippen LogP contribution in [0.2, 0.25) is 0 Å². The number of hydrogen-bond acceptors (Lipinski definition) is 19. The number of Topliss-reactive ketones (excluding diaryl/α,β-unsaturated/α-hetero) is 1. The molecule has 8 heterocycles. The number of rotatable bonds is 20. The van der Waals surface area contributed by atoms with Gasteiger partial charge in [-0.2, -0.15) is 0 Å². The summed E-state index contributed by atoms with van der Waals surface area (Å²) in [4.78, 5) is 37.1. The number of aromatic amines is 1. The summed E-state index contributed by atoms with van der Waals surface area (Å²) in [5, 5.41) is 18.3. The van der Waals surface area contributed by atoms with Gasteiger partial charge < -0.3 is 82.2 Å². The van der Waals surface area contributed by atoms with Crippen molar-refractivity contribution in [3.05, 3.63) is 177 Å². The maximum Gasteiger partial charge on any atom is 0.495 e. The van der Waals surface area contributed by atoms with Crippen molar-refractivity contribution < 1.29 is 57.5 Å². The molecule has 6 aliphatic heterocycles. The first-order valence-electron chi connectivity index (χ1n) is 40.1. The van der Waals surface area contributed by atoms with Crippen molar-refractivity contribution in [3.63, 3.8) is 0 Å². The quantitative estimate of drug-likeness (QED) is 0.0369. The van der Waals surface area contributed by atoms with Gasteiger partial charge in [0.1, 0.15) is 45.8 Å². The van der Waals surface area contributed by atoms with Crippen molar-refractivity contribution >= 4 is 169 Å². The summed E-state index contributed by atoms with van der Waals surface area (Å²) in [5.74, 6) is 4.93. The fourth-order valence-corrected chi connectivity index (χ4v) is 17.7. The Hall–Kier alpha value is -6.31. The first-order valence-corrected chi connectivity index (χ1v) is 45.6. The summed E-state index contributed by atoms with van der Waals surface area (Å²) in [6, 6.07) is 41.4. The van der Waals surface area contributed by atoms with Crippen molar-refractivity contribution in [2.75, 3.05) is 138 Å². The SMILES string of the molecule is CCOc1cc(-c2cnc3[nH]cc(C(=O)C(C)(C)C)c3n2)cc(N2CCCC2)c1.CCOc1cc(B2OC(C)(C)C(C)(C)O2)cc(N2CCCC2)c1.CCOc1cc(Br)cc(N2CCCC2)c1.COCOc1cc(Br)cc(Br)c1.COCOc1cc(Br)cc(N2CCCC2)c1.Oc1cc(Br)cc(Br)c1.Oc1cc(Br)cc(N2CCCC2)c1. The molecule has 2 aromatic heterocycles. The van der Waals surface area contributed by atoms with E-state index >= 15 is 0 Å². The molecular formula is C89H112BBr7N8O12. The lowest BCUT2D eigenvalue weighted by Crippen LogP contribution is -2.41. The molecule has 0 aliphatic carbocycles. The predicted octanol–water partition coefficient (Wildman–Crippen LogP) is 23.2. The van der Waals surface area contributed by atoms with Gasteiger partial charge in [0, 0.05) is 187 Å². The number of benzene rings is 7. The minimum Gasteiger partial charge on any atom is -0.508 e. The number of phenolic OH excluding ortho intramolecular Hbond substituents is 2. The first-order chi connectivity index (χ1) is 55.9. The lowest BCUT2D eigenvalue weighted by Gasteiger charge is -2.32. The third-order valence-electron chi connectivity index (χ3n) is 20.2. The number of anilines is 5. The third kappa shape index (κ3) is 29.2. The van der Waals surface area contributed by atoms with E-state index in [0.29, 0.717) is 35.7 Å². The molecule has 6 fully saturated rings. The number of fused-ring (bicyclic) bond motifs is 1. The van der Waals surface area contributed by atoms with Crippen LogP contribution < -0.4 is 53.6 Å². The van der Waals surface area contributed by atoms with Crippen LogP contribution in [-0.4, -0.2) is 162 Å². The van der Waals surface area contributed by atoms with Crippen LogP contribution in [0, 0.1) is 5.41 Å². The number of nitrogens with one attached hydrogen (secondary N) is 1. The fraction of sp³-hybridized carbons (Fsp3) is 0.449. The van der Waals surface area contributed by atoms with Gasteiger partial charge in [-0.15, -0.1) is 0 Å². The van der Waals surface area contributed by atoms with E-state index in [2.05, 4.69) is 222 Å². The van der Waals surface area contributed by atoms with Gasteiger partial charge in [-0.25, -0.2) is 9.97 Å². The zero-order valence-electron chi connectivity index (χ0n) is 69.3. The van der Waals surface area contributed by atoms with E-state index in [1.807, 2.05) is 102 Å². The van der Waals surface area contributed by atoms with Gasteiger partial charge in [-0.1, -0.05) is 132 Å². The fourth-order valence-electron chi connectivity index (χ4n) is 13.7. The van der Waals surface area contributed by atoms with Gasteiger partial charge in [0.15, 0.2) is 25.0 Å². The van der Waals surface area contributed by atoms with E-state index in [4.69, 9.17) is 52.6 Å². The average molecular weight is 2060 g/mol. The second-order valence-corrected chi connectivity index (χ2v) is 37.3. The summed E-state index contributed by atoms with van der Waals surface area (Å²) in [6.45, 7) is 33.8. The molecule has 15 rings (SSSR count). The first kappa shape index (κ1) is 94.5. The van der Waals surface area contributed by atoms with Crippen LogP contribution in [0.25, 0.3) is 22.4 Å². The number of ketones is 1. The van der Waals surface area contributed by atoms with Gasteiger partial charge in [0.25, 0.3) is 0 Å². The molecular weight excluding hydrogens is 1940 g/mol. The number of nitrogens with zero attached hydrogens (tertiary/aromatic N) is 7. The number of aromatic hydroxyl groups is 2. The zero-order valence-corrected chi connectivity index (χ0v) is 80.4. The third-order valence-corrected chi connectivity index (χ3v) is 23.4. The summed E-state index contributed by atoms with van der Waals surface area (Å²) >= 11 is 23.6. The van der Waals surface area contributed by atoms with E-state index in [0.717, 1.165) is 147 Å². The lowest BCUT2D eigenvalue weighted by atomic mass is 9.78. The molecule has 9 aromatic rings. The Morgan fingerprint density at radius 3 is 1.15 bits per heavy atom. The maximum atomic E-state index is 12.8. The molecule has 28 heteroatoms. The van der Waals surface area contributed by atoms with E-state index in [1.165, 1.54) is 94.4 Å². The summed E-state index contributed by atoms with van der Waals surface area (Å²) < 4.78 is 56.7. The standard InChI is InChI=1S/C23H28N4O2.C18H28BNO3.C12H16BrNO2.C12H16BrNO.C10H12BrNO.C8H8Br2O2.C6H4Br2O/c1-5-29-17-11-15(10-16(12-17)27-8-6-7-9-27)19-14-25-22-20(26-19)18(13-24-22)21(28)23(2,3)4;1-6-21-16-12-14(11-15(13-16)20-9-7-8-10-20)19-22-17(2,3)18(4,5)23-19;1-15-9-16-12-7-10(13)6-11(8-12)14-4-2-3-5-14;1-2-15-12-8-10(13)7-11(9-12)14-5-3-4-6-14;11-8-5-9(7-10(13)6-8)12-3-1-2-4-12;1-11-5-12-8-3-6(9)2-7(10)4-8;7-4-1-5(8)3-6(9)2-4/h10-14H,5-9H2,1-4H3,(H,24,25);11-13H,6-10H2,1-5H3;6-8H,2-5,9H2,1H3;7-9H,2-6H2,1H3;5-7,13H,1-4H2;2-4H,5H2,1H3;1-3,9H. The van der Waals surface area contributed by atoms with E-state index < -0.39 is 5.41 Å². The van der Waals surface area contributed by atoms with Crippen molar-refractivity contribution in [2.24, 2.45) is 5.41 Å². The highest BCUT2D eigenvalue weighted by molar-refractivity contribution is 9.11. The van der Waals surface area contributed by atoms with E-state index in [9.17, 15) is 9.90 Å². The van der Waals surface area contributed by atoms with E-state index in [-0.39, 0.29) is 43.4 Å². The molecule has 6 aliphatic rings. The topological polar surface area (TPSA) is 198 Å². The summed E-state index contributed by atoms with van der Waals surface area (Å²) in [6.07, 6.45) is 16.1. The Labute approximate surface area is 751 Å². The minimum absolute atomic E-state index is 0.0519. The highest BCUT2D eigenvalue weighted by atomic mass is 79.9. The molecule has 3 N–H and O–H groups in total. The van der Waals surface area contributed by atoms with Crippen molar-refractivity contribution in [1.29, 1.82) is 0 Å².